The summed E-state index contributed by atoms with van der Waals surface area (Å²) in [4.78, 5) is 10.8. The maximum Gasteiger partial charge on any atom is 0.320 e. The SMILES string of the molecule is C=CCOC(=O)CNCCCN. The molecule has 0 aromatic heterocycles. The molecule has 0 amide bonds. The molecule has 0 heterocycles. The van der Waals surface area contributed by atoms with Gasteiger partial charge in [0.25, 0.3) is 0 Å². The fourth-order valence-electron chi connectivity index (χ4n) is 0.620. The molecule has 0 aliphatic heterocycles. The van der Waals surface area contributed by atoms with Gasteiger partial charge in [-0.25, -0.2) is 0 Å². The van der Waals surface area contributed by atoms with E-state index in [0.29, 0.717) is 6.54 Å². The zero-order chi connectivity index (χ0) is 9.23. The number of esters is 1. The molecule has 0 saturated carbocycles. The largest absolute Gasteiger partial charge is 0.461 e. The third kappa shape index (κ3) is 7.24. The standard InChI is InChI=1S/C8H16N2O2/c1-2-6-12-8(11)7-10-5-3-4-9/h2,10H,1,3-7,9H2. The molecule has 0 spiro atoms. The van der Waals surface area contributed by atoms with Gasteiger partial charge in [0.1, 0.15) is 6.61 Å². The zero-order valence-electron chi connectivity index (χ0n) is 7.21. The number of hydrogen-bond donors (Lipinski definition) is 2. The molecule has 0 unspecified atom stereocenters. The minimum absolute atomic E-state index is 0.244. The van der Waals surface area contributed by atoms with E-state index in [1.165, 1.54) is 6.08 Å². The van der Waals surface area contributed by atoms with Gasteiger partial charge in [-0.05, 0) is 19.5 Å². The average Bonchev–Trinajstić information content (AvgIpc) is 2.09. The van der Waals surface area contributed by atoms with Crippen LogP contribution in [0, 0.1) is 0 Å². The molecule has 4 heteroatoms. The van der Waals surface area contributed by atoms with Crippen LogP contribution < -0.4 is 11.1 Å². The van der Waals surface area contributed by atoms with Crippen LogP contribution in [0.2, 0.25) is 0 Å². The van der Waals surface area contributed by atoms with Gasteiger partial charge in [-0.3, -0.25) is 4.79 Å². The molecule has 0 radical (unpaired) electrons. The van der Waals surface area contributed by atoms with Gasteiger partial charge in [-0.1, -0.05) is 12.7 Å². The molecule has 0 rings (SSSR count). The highest BCUT2D eigenvalue weighted by Crippen LogP contribution is 1.77. The maximum absolute atomic E-state index is 10.8. The Kier molecular flexibility index (Phi) is 7.63. The number of carbonyl (C=O) groups excluding carboxylic acids is 1. The van der Waals surface area contributed by atoms with E-state index in [1.54, 1.807) is 0 Å². The van der Waals surface area contributed by atoms with Gasteiger partial charge in [-0.2, -0.15) is 0 Å². The second-order valence-corrected chi connectivity index (χ2v) is 2.29. The molecule has 0 aliphatic rings. The minimum atomic E-state index is -0.257. The summed E-state index contributed by atoms with van der Waals surface area (Å²) in [6, 6.07) is 0. The Morgan fingerprint density at radius 1 is 1.67 bits per heavy atom. The first-order valence-corrected chi connectivity index (χ1v) is 3.98. The summed E-state index contributed by atoms with van der Waals surface area (Å²) < 4.78 is 4.72. The van der Waals surface area contributed by atoms with Crippen molar-refractivity contribution in [3.05, 3.63) is 12.7 Å². The monoisotopic (exact) mass is 172 g/mol. The molecule has 0 aromatic rings. The summed E-state index contributed by atoms with van der Waals surface area (Å²) in [5.74, 6) is -0.257. The first-order valence-electron chi connectivity index (χ1n) is 3.98. The van der Waals surface area contributed by atoms with Crippen LogP contribution in [0.3, 0.4) is 0 Å². The lowest BCUT2D eigenvalue weighted by Crippen LogP contribution is -2.26. The van der Waals surface area contributed by atoms with E-state index in [1.807, 2.05) is 0 Å². The quantitative estimate of drug-likeness (QED) is 0.313. The lowest BCUT2D eigenvalue weighted by Gasteiger charge is -2.02. The molecule has 12 heavy (non-hydrogen) atoms. The van der Waals surface area contributed by atoms with Gasteiger partial charge in [0.05, 0.1) is 6.54 Å². The number of ether oxygens (including phenoxy) is 1. The third-order valence-electron chi connectivity index (χ3n) is 1.19. The Morgan fingerprint density at radius 2 is 2.42 bits per heavy atom. The molecule has 4 nitrogen and oxygen atoms in total. The lowest BCUT2D eigenvalue weighted by atomic mass is 10.4. The van der Waals surface area contributed by atoms with Crippen LogP contribution in [-0.4, -0.2) is 32.2 Å². The molecule has 0 atom stereocenters. The molecule has 0 saturated heterocycles. The summed E-state index contributed by atoms with van der Waals surface area (Å²) in [5.41, 5.74) is 5.26. The van der Waals surface area contributed by atoms with E-state index in [0.717, 1.165) is 13.0 Å². The van der Waals surface area contributed by atoms with Crippen molar-refractivity contribution in [3.8, 4) is 0 Å². The van der Waals surface area contributed by atoms with Crippen molar-refractivity contribution < 1.29 is 9.53 Å². The van der Waals surface area contributed by atoms with E-state index < -0.39 is 0 Å². The third-order valence-corrected chi connectivity index (χ3v) is 1.19. The fraction of sp³-hybridized carbons (Fsp3) is 0.625. The second kappa shape index (κ2) is 8.23. The van der Waals surface area contributed by atoms with Crippen molar-refractivity contribution in [2.24, 2.45) is 5.73 Å². The number of nitrogens with one attached hydrogen (secondary N) is 1. The van der Waals surface area contributed by atoms with E-state index >= 15 is 0 Å². The second-order valence-electron chi connectivity index (χ2n) is 2.29. The van der Waals surface area contributed by atoms with Gasteiger partial charge in [0.15, 0.2) is 0 Å². The van der Waals surface area contributed by atoms with Gasteiger partial charge in [0, 0.05) is 0 Å². The first-order chi connectivity index (χ1) is 5.81. The van der Waals surface area contributed by atoms with Gasteiger partial charge in [-0.15, -0.1) is 0 Å². The fourth-order valence-corrected chi connectivity index (χ4v) is 0.620. The summed E-state index contributed by atoms with van der Waals surface area (Å²) in [5, 5.41) is 2.91. The molecule has 70 valence electrons. The van der Waals surface area contributed by atoms with Gasteiger partial charge in [0.2, 0.25) is 0 Å². The van der Waals surface area contributed by atoms with Crippen LogP contribution in [0.4, 0.5) is 0 Å². The Labute approximate surface area is 72.8 Å². The molecule has 0 fully saturated rings. The van der Waals surface area contributed by atoms with Crippen molar-refractivity contribution in [1.82, 2.24) is 5.32 Å². The Morgan fingerprint density at radius 3 is 3.00 bits per heavy atom. The predicted octanol–water partition coefficient (Wildman–Crippen LogP) is -0.346. The van der Waals surface area contributed by atoms with Crippen LogP contribution in [0.15, 0.2) is 12.7 Å². The smallest absolute Gasteiger partial charge is 0.320 e. The Hall–Kier alpha value is -0.870. The highest BCUT2D eigenvalue weighted by atomic mass is 16.5. The minimum Gasteiger partial charge on any atom is -0.461 e. The average molecular weight is 172 g/mol. The first kappa shape index (κ1) is 11.1. The van der Waals surface area contributed by atoms with Crippen molar-refractivity contribution in [1.29, 1.82) is 0 Å². The molecule has 0 aliphatic carbocycles. The number of hydrogen-bond acceptors (Lipinski definition) is 4. The van der Waals surface area contributed by atoms with Crippen LogP contribution in [0.5, 0.6) is 0 Å². The van der Waals surface area contributed by atoms with Crippen molar-refractivity contribution >= 4 is 5.97 Å². The zero-order valence-corrected chi connectivity index (χ0v) is 7.21. The highest BCUT2D eigenvalue weighted by Gasteiger charge is 1.98. The van der Waals surface area contributed by atoms with E-state index in [9.17, 15) is 4.79 Å². The van der Waals surface area contributed by atoms with Gasteiger partial charge >= 0.3 is 5.97 Å². The van der Waals surface area contributed by atoms with Gasteiger partial charge < -0.3 is 15.8 Å². The van der Waals surface area contributed by atoms with Crippen molar-refractivity contribution in [2.45, 2.75) is 6.42 Å². The lowest BCUT2D eigenvalue weighted by molar-refractivity contribution is -0.141. The number of carbonyl (C=O) groups is 1. The Balaban J connectivity index is 3.13. The summed E-state index contributed by atoms with van der Waals surface area (Å²) in [6.45, 7) is 5.33. The van der Waals surface area contributed by atoms with Crippen LogP contribution in [0.25, 0.3) is 0 Å². The van der Waals surface area contributed by atoms with E-state index in [-0.39, 0.29) is 19.1 Å². The molecular weight excluding hydrogens is 156 g/mol. The summed E-state index contributed by atoms with van der Waals surface area (Å²) >= 11 is 0. The maximum atomic E-state index is 10.8. The predicted molar refractivity (Wildman–Crippen MR) is 47.7 cm³/mol. The van der Waals surface area contributed by atoms with E-state index in [4.69, 9.17) is 10.5 Å². The van der Waals surface area contributed by atoms with E-state index in [2.05, 4.69) is 11.9 Å². The Bertz CT molecular complexity index is 137. The van der Waals surface area contributed by atoms with Crippen molar-refractivity contribution in [2.75, 3.05) is 26.2 Å². The normalized spacial score (nSPS) is 9.42. The topological polar surface area (TPSA) is 64.3 Å². The summed E-state index contributed by atoms with van der Waals surface area (Å²) in [6.07, 6.45) is 2.41. The van der Waals surface area contributed by atoms with Crippen LogP contribution in [0.1, 0.15) is 6.42 Å². The van der Waals surface area contributed by atoms with Crippen LogP contribution >= 0.6 is 0 Å². The van der Waals surface area contributed by atoms with Crippen molar-refractivity contribution in [3.63, 3.8) is 0 Å². The van der Waals surface area contributed by atoms with Crippen LogP contribution in [-0.2, 0) is 9.53 Å². The molecule has 0 bridgehead atoms. The number of nitrogens with two attached hydrogens (primary N) is 1. The molecular formula is C8H16N2O2. The summed E-state index contributed by atoms with van der Waals surface area (Å²) in [7, 11) is 0. The molecule has 3 N–H and O–H groups in total. The highest BCUT2D eigenvalue weighted by molar-refractivity contribution is 5.71. The molecule has 0 aromatic carbocycles. The number of rotatable bonds is 7.